The van der Waals surface area contributed by atoms with E-state index < -0.39 is 23.2 Å². The summed E-state index contributed by atoms with van der Waals surface area (Å²) in [4.78, 5) is 11.2. The standard InChI is InChI=1S/C13H15F2NO2/c1-4-5-8(2)16-10-7-6-9(13(17)18-3)11(14)12(10)15/h4,6-8,16H,1,5H2,2-3H3. The Morgan fingerprint density at radius 2 is 2.17 bits per heavy atom. The Kier molecular flexibility index (Phi) is 4.83. The molecule has 0 saturated heterocycles. The first kappa shape index (κ1) is 14.2. The Balaban J connectivity index is 3.00. The molecule has 0 saturated carbocycles. The second kappa shape index (κ2) is 6.14. The van der Waals surface area contributed by atoms with Crippen molar-refractivity contribution in [2.75, 3.05) is 12.4 Å². The van der Waals surface area contributed by atoms with Gasteiger partial charge < -0.3 is 10.1 Å². The Hall–Kier alpha value is -1.91. The highest BCUT2D eigenvalue weighted by Gasteiger charge is 2.19. The number of halogens is 2. The zero-order valence-corrected chi connectivity index (χ0v) is 10.3. The molecule has 5 heteroatoms. The van der Waals surface area contributed by atoms with Crippen molar-refractivity contribution >= 4 is 11.7 Å². The SMILES string of the molecule is C=CCC(C)Nc1ccc(C(=O)OC)c(F)c1F. The van der Waals surface area contributed by atoms with Crippen LogP contribution in [0, 0.1) is 11.6 Å². The fourth-order valence-electron chi connectivity index (χ4n) is 1.50. The molecule has 0 amide bonds. The van der Waals surface area contributed by atoms with Gasteiger partial charge in [-0.15, -0.1) is 6.58 Å². The third-order valence-corrected chi connectivity index (χ3v) is 2.41. The molecule has 3 nitrogen and oxygen atoms in total. The molecule has 0 heterocycles. The van der Waals surface area contributed by atoms with Gasteiger partial charge in [0, 0.05) is 6.04 Å². The molecule has 1 N–H and O–H groups in total. The molecular weight excluding hydrogens is 240 g/mol. The van der Waals surface area contributed by atoms with Crippen molar-refractivity contribution in [1.82, 2.24) is 0 Å². The number of esters is 1. The molecular formula is C13H15F2NO2. The Morgan fingerprint density at radius 1 is 1.50 bits per heavy atom. The lowest BCUT2D eigenvalue weighted by Crippen LogP contribution is -2.16. The largest absolute Gasteiger partial charge is 0.465 e. The average Bonchev–Trinajstić information content (AvgIpc) is 2.34. The normalized spacial score (nSPS) is 11.8. The van der Waals surface area contributed by atoms with E-state index in [9.17, 15) is 13.6 Å². The predicted octanol–water partition coefficient (Wildman–Crippen LogP) is 3.13. The first-order valence-corrected chi connectivity index (χ1v) is 5.45. The Morgan fingerprint density at radius 3 is 2.72 bits per heavy atom. The number of benzene rings is 1. The molecule has 0 aliphatic rings. The molecule has 0 radical (unpaired) electrons. The van der Waals surface area contributed by atoms with Crippen LogP contribution in [0.2, 0.25) is 0 Å². The quantitative estimate of drug-likeness (QED) is 0.649. The van der Waals surface area contributed by atoms with E-state index in [4.69, 9.17) is 0 Å². The van der Waals surface area contributed by atoms with Crippen molar-refractivity contribution in [3.63, 3.8) is 0 Å². The maximum Gasteiger partial charge on any atom is 0.340 e. The second-order valence-corrected chi connectivity index (χ2v) is 3.85. The lowest BCUT2D eigenvalue weighted by atomic mass is 10.1. The molecule has 1 aromatic rings. The van der Waals surface area contributed by atoms with E-state index in [-0.39, 0.29) is 11.7 Å². The van der Waals surface area contributed by atoms with Crippen LogP contribution in [0.4, 0.5) is 14.5 Å². The van der Waals surface area contributed by atoms with Gasteiger partial charge >= 0.3 is 5.97 Å². The van der Waals surface area contributed by atoms with Gasteiger partial charge in [-0.05, 0) is 25.5 Å². The van der Waals surface area contributed by atoms with Crippen LogP contribution in [0.15, 0.2) is 24.8 Å². The number of hydrogen-bond donors (Lipinski definition) is 1. The highest BCUT2D eigenvalue weighted by Crippen LogP contribution is 2.22. The average molecular weight is 255 g/mol. The summed E-state index contributed by atoms with van der Waals surface area (Å²) in [5, 5.41) is 2.80. The highest BCUT2D eigenvalue weighted by atomic mass is 19.2. The van der Waals surface area contributed by atoms with E-state index in [2.05, 4.69) is 16.6 Å². The topological polar surface area (TPSA) is 38.3 Å². The van der Waals surface area contributed by atoms with E-state index in [1.165, 1.54) is 12.1 Å². The van der Waals surface area contributed by atoms with Crippen molar-refractivity contribution in [1.29, 1.82) is 0 Å². The van der Waals surface area contributed by atoms with Crippen LogP contribution in [-0.4, -0.2) is 19.1 Å². The van der Waals surface area contributed by atoms with Gasteiger partial charge in [-0.3, -0.25) is 0 Å². The number of rotatable bonds is 5. The van der Waals surface area contributed by atoms with Crippen LogP contribution in [0.1, 0.15) is 23.7 Å². The van der Waals surface area contributed by atoms with E-state index in [1.807, 2.05) is 6.92 Å². The van der Waals surface area contributed by atoms with Crippen LogP contribution in [0.3, 0.4) is 0 Å². The summed E-state index contributed by atoms with van der Waals surface area (Å²) in [6.07, 6.45) is 2.29. The van der Waals surface area contributed by atoms with E-state index in [0.29, 0.717) is 6.42 Å². The molecule has 98 valence electrons. The number of carbonyl (C=O) groups excluding carboxylic acids is 1. The summed E-state index contributed by atoms with van der Waals surface area (Å²) in [7, 11) is 1.11. The van der Waals surface area contributed by atoms with E-state index in [0.717, 1.165) is 7.11 Å². The maximum absolute atomic E-state index is 13.7. The molecule has 0 fully saturated rings. The van der Waals surface area contributed by atoms with Crippen LogP contribution < -0.4 is 5.32 Å². The molecule has 0 aliphatic carbocycles. The van der Waals surface area contributed by atoms with Gasteiger partial charge in [0.2, 0.25) is 0 Å². The minimum Gasteiger partial charge on any atom is -0.465 e. The van der Waals surface area contributed by atoms with Gasteiger partial charge in [0.15, 0.2) is 11.6 Å². The lowest BCUT2D eigenvalue weighted by Gasteiger charge is -2.14. The monoisotopic (exact) mass is 255 g/mol. The summed E-state index contributed by atoms with van der Waals surface area (Å²) in [6.45, 7) is 5.37. The third-order valence-electron chi connectivity index (χ3n) is 2.41. The number of carbonyl (C=O) groups is 1. The van der Waals surface area contributed by atoms with Crippen molar-refractivity contribution in [3.05, 3.63) is 42.0 Å². The number of ether oxygens (including phenoxy) is 1. The van der Waals surface area contributed by atoms with Gasteiger partial charge in [0.25, 0.3) is 0 Å². The fraction of sp³-hybridized carbons (Fsp3) is 0.308. The highest BCUT2D eigenvalue weighted by molar-refractivity contribution is 5.90. The first-order chi connectivity index (χ1) is 8.51. The molecule has 1 atom stereocenters. The second-order valence-electron chi connectivity index (χ2n) is 3.85. The first-order valence-electron chi connectivity index (χ1n) is 5.45. The maximum atomic E-state index is 13.7. The van der Waals surface area contributed by atoms with Gasteiger partial charge in [0.05, 0.1) is 18.4 Å². The van der Waals surface area contributed by atoms with Gasteiger partial charge in [-0.2, -0.15) is 0 Å². The minimum absolute atomic E-state index is 0.00880. The summed E-state index contributed by atoms with van der Waals surface area (Å²) >= 11 is 0. The van der Waals surface area contributed by atoms with Gasteiger partial charge in [0.1, 0.15) is 0 Å². The Bertz CT molecular complexity index is 461. The zero-order valence-electron chi connectivity index (χ0n) is 10.3. The summed E-state index contributed by atoms with van der Waals surface area (Å²) in [5.41, 5.74) is -0.411. The van der Waals surface area contributed by atoms with Crippen LogP contribution in [0.5, 0.6) is 0 Å². The van der Waals surface area contributed by atoms with Crippen molar-refractivity contribution in [2.45, 2.75) is 19.4 Å². The molecule has 0 aliphatic heterocycles. The number of nitrogens with one attached hydrogen (secondary N) is 1. The molecule has 18 heavy (non-hydrogen) atoms. The van der Waals surface area contributed by atoms with Crippen molar-refractivity contribution < 1.29 is 18.3 Å². The predicted molar refractivity (Wildman–Crippen MR) is 65.6 cm³/mol. The van der Waals surface area contributed by atoms with Gasteiger partial charge in [-0.1, -0.05) is 6.08 Å². The van der Waals surface area contributed by atoms with Crippen LogP contribution >= 0.6 is 0 Å². The third kappa shape index (κ3) is 3.06. The Labute approximate surface area is 104 Å². The van der Waals surface area contributed by atoms with Crippen molar-refractivity contribution in [3.8, 4) is 0 Å². The summed E-state index contributed by atoms with van der Waals surface area (Å²) in [6, 6.07) is 2.41. The van der Waals surface area contributed by atoms with Crippen LogP contribution in [0.25, 0.3) is 0 Å². The minimum atomic E-state index is -1.21. The summed E-state index contributed by atoms with van der Waals surface area (Å²) < 4.78 is 31.6. The number of hydrogen-bond acceptors (Lipinski definition) is 3. The zero-order chi connectivity index (χ0) is 13.7. The van der Waals surface area contributed by atoms with E-state index in [1.54, 1.807) is 6.08 Å². The smallest absolute Gasteiger partial charge is 0.340 e. The van der Waals surface area contributed by atoms with Crippen molar-refractivity contribution in [2.24, 2.45) is 0 Å². The molecule has 0 spiro atoms. The molecule has 1 aromatic carbocycles. The van der Waals surface area contributed by atoms with E-state index >= 15 is 0 Å². The number of anilines is 1. The molecule has 0 aromatic heterocycles. The summed E-state index contributed by atoms with van der Waals surface area (Å²) in [5.74, 6) is -3.21. The molecule has 1 rings (SSSR count). The fourth-order valence-corrected chi connectivity index (χ4v) is 1.50. The molecule has 0 bridgehead atoms. The van der Waals surface area contributed by atoms with Gasteiger partial charge in [-0.25, -0.2) is 13.6 Å². The van der Waals surface area contributed by atoms with Crippen LogP contribution in [-0.2, 0) is 4.74 Å². The molecule has 1 unspecified atom stereocenters. The lowest BCUT2D eigenvalue weighted by molar-refractivity contribution is 0.0594. The number of methoxy groups -OCH3 is 1.